The second kappa shape index (κ2) is 8.06. The molecule has 1 aliphatic heterocycles. The molecule has 128 valence electrons. The molecule has 3 heterocycles. The van der Waals surface area contributed by atoms with E-state index in [-0.39, 0.29) is 17.9 Å². The average Bonchev–Trinajstić information content (AvgIpc) is 3.09. The number of hydrogen-bond donors (Lipinski definition) is 1. The van der Waals surface area contributed by atoms with Gasteiger partial charge >= 0.3 is 0 Å². The van der Waals surface area contributed by atoms with Crippen LogP contribution in [0.4, 0.5) is 0 Å². The van der Waals surface area contributed by atoms with Gasteiger partial charge in [0.25, 0.3) is 0 Å². The number of nitrogens with one attached hydrogen (secondary N) is 1. The lowest BCUT2D eigenvalue weighted by atomic mass is 9.95. The van der Waals surface area contributed by atoms with E-state index in [2.05, 4.69) is 20.2 Å². The maximum Gasteiger partial charge on any atom is 0.223 e. The van der Waals surface area contributed by atoms with E-state index in [0.717, 1.165) is 43.9 Å². The van der Waals surface area contributed by atoms with Gasteiger partial charge in [-0.25, -0.2) is 0 Å². The van der Waals surface area contributed by atoms with Gasteiger partial charge in [-0.1, -0.05) is 0 Å². The van der Waals surface area contributed by atoms with Crippen LogP contribution in [-0.2, 0) is 17.8 Å². The number of carbonyl (C=O) groups is 1. The molecule has 2 aromatic rings. The van der Waals surface area contributed by atoms with Gasteiger partial charge in [0.2, 0.25) is 5.91 Å². The molecule has 24 heavy (non-hydrogen) atoms. The van der Waals surface area contributed by atoms with E-state index >= 15 is 0 Å². The van der Waals surface area contributed by atoms with Crippen LogP contribution in [0.25, 0.3) is 0 Å². The molecule has 0 spiro atoms. The Labute approximate surface area is 142 Å². The highest BCUT2D eigenvalue weighted by molar-refractivity contribution is 5.79. The van der Waals surface area contributed by atoms with Crippen LogP contribution in [0.3, 0.4) is 0 Å². The van der Waals surface area contributed by atoms with Crippen LogP contribution in [-0.4, -0.2) is 39.9 Å². The Balaban J connectivity index is 1.41. The summed E-state index contributed by atoms with van der Waals surface area (Å²) in [6.45, 7) is 4.69. The summed E-state index contributed by atoms with van der Waals surface area (Å²) < 4.78 is 5.39. The van der Waals surface area contributed by atoms with Crippen LogP contribution in [0.5, 0.6) is 0 Å². The van der Waals surface area contributed by atoms with Crippen molar-refractivity contribution in [1.29, 1.82) is 0 Å². The fourth-order valence-corrected chi connectivity index (χ4v) is 3.14. The van der Waals surface area contributed by atoms with Gasteiger partial charge in [0, 0.05) is 37.0 Å². The third-order valence-corrected chi connectivity index (χ3v) is 4.44. The summed E-state index contributed by atoms with van der Waals surface area (Å²) >= 11 is 0. The molecule has 1 saturated heterocycles. The van der Waals surface area contributed by atoms with Gasteiger partial charge in [-0.05, 0) is 45.0 Å². The second-order valence-corrected chi connectivity index (χ2v) is 6.44. The van der Waals surface area contributed by atoms with Crippen LogP contribution >= 0.6 is 0 Å². The third-order valence-electron chi connectivity index (χ3n) is 4.44. The molecule has 0 aromatic carbocycles. The van der Waals surface area contributed by atoms with Crippen LogP contribution in [0.15, 0.2) is 41.4 Å². The summed E-state index contributed by atoms with van der Waals surface area (Å²) in [6.07, 6.45) is 9.28. The zero-order chi connectivity index (χ0) is 16.8. The predicted octanol–water partition coefficient (Wildman–Crippen LogP) is 2.03. The Kier molecular flexibility index (Phi) is 5.59. The number of aromatic nitrogens is 2. The molecule has 1 N–H and O–H groups in total. The molecule has 3 rings (SSSR count). The Morgan fingerprint density at radius 1 is 1.42 bits per heavy atom. The molecule has 1 atom stereocenters. The number of carbonyl (C=O) groups excluding carboxylic acids is 1. The van der Waals surface area contributed by atoms with Crippen LogP contribution in [0.1, 0.15) is 31.2 Å². The summed E-state index contributed by atoms with van der Waals surface area (Å²) in [5, 5.41) is 3.11. The van der Waals surface area contributed by atoms with E-state index in [0.29, 0.717) is 6.42 Å². The van der Waals surface area contributed by atoms with E-state index in [1.807, 2.05) is 19.1 Å². The molecule has 0 saturated carbocycles. The van der Waals surface area contributed by atoms with Crippen molar-refractivity contribution in [3.63, 3.8) is 0 Å². The van der Waals surface area contributed by atoms with E-state index in [1.54, 1.807) is 24.9 Å². The van der Waals surface area contributed by atoms with Crippen molar-refractivity contribution in [2.75, 3.05) is 13.1 Å². The van der Waals surface area contributed by atoms with Gasteiger partial charge < -0.3 is 9.73 Å². The summed E-state index contributed by atoms with van der Waals surface area (Å²) in [5.74, 6) is 1.24. The van der Waals surface area contributed by atoms with Crippen molar-refractivity contribution in [3.8, 4) is 0 Å². The first-order chi connectivity index (χ1) is 11.7. The quantitative estimate of drug-likeness (QED) is 0.878. The van der Waals surface area contributed by atoms with E-state index in [9.17, 15) is 4.79 Å². The normalized spacial score (nSPS) is 17.5. The largest absolute Gasteiger partial charge is 0.468 e. The first-order valence-electron chi connectivity index (χ1n) is 8.50. The molecule has 0 radical (unpaired) electrons. The van der Waals surface area contributed by atoms with Gasteiger partial charge in [0.15, 0.2) is 0 Å². The first-order valence-corrected chi connectivity index (χ1v) is 8.50. The molecule has 6 heteroatoms. The van der Waals surface area contributed by atoms with Crippen molar-refractivity contribution in [1.82, 2.24) is 20.2 Å². The molecule has 1 fully saturated rings. The zero-order valence-electron chi connectivity index (χ0n) is 14.0. The number of furan rings is 1. The van der Waals surface area contributed by atoms with E-state index < -0.39 is 0 Å². The highest BCUT2D eigenvalue weighted by Crippen LogP contribution is 2.19. The Morgan fingerprint density at radius 2 is 2.25 bits per heavy atom. The minimum atomic E-state index is 0.0651. The molecule has 6 nitrogen and oxygen atoms in total. The molecule has 2 aromatic heterocycles. The minimum Gasteiger partial charge on any atom is -0.468 e. The monoisotopic (exact) mass is 328 g/mol. The van der Waals surface area contributed by atoms with Gasteiger partial charge in [0.05, 0.1) is 18.5 Å². The first kappa shape index (κ1) is 16.6. The Hall–Kier alpha value is -2.21. The number of hydrogen-bond acceptors (Lipinski definition) is 5. The van der Waals surface area contributed by atoms with Gasteiger partial charge in [-0.15, -0.1) is 0 Å². The molecule has 0 bridgehead atoms. The topological polar surface area (TPSA) is 71.3 Å². The zero-order valence-corrected chi connectivity index (χ0v) is 14.0. The van der Waals surface area contributed by atoms with Crippen molar-refractivity contribution >= 4 is 5.91 Å². The fraction of sp³-hybridized carbons (Fsp3) is 0.500. The number of piperidine rings is 1. The van der Waals surface area contributed by atoms with Gasteiger partial charge in [-0.2, -0.15) is 0 Å². The van der Waals surface area contributed by atoms with E-state index in [4.69, 9.17) is 4.42 Å². The van der Waals surface area contributed by atoms with Crippen molar-refractivity contribution < 1.29 is 9.21 Å². The summed E-state index contributed by atoms with van der Waals surface area (Å²) in [4.78, 5) is 23.1. The van der Waals surface area contributed by atoms with Crippen LogP contribution in [0.2, 0.25) is 0 Å². The molecule has 1 amide bonds. The standard InChI is InChI=1S/C18H24N4O2/c1-14(11-16-12-19-6-7-20-16)21-18(23)15-4-8-22(9-5-15)13-17-3-2-10-24-17/h2-3,6-7,10,12,14-15H,4-5,8-9,11,13H2,1H3,(H,21,23). The smallest absolute Gasteiger partial charge is 0.223 e. The average molecular weight is 328 g/mol. The SMILES string of the molecule is CC(Cc1cnccn1)NC(=O)C1CCN(Cc2ccco2)CC1. The van der Waals surface area contributed by atoms with Crippen molar-refractivity contribution in [3.05, 3.63) is 48.4 Å². The third kappa shape index (κ3) is 4.64. The van der Waals surface area contributed by atoms with Crippen molar-refractivity contribution in [2.45, 2.75) is 38.8 Å². The lowest BCUT2D eigenvalue weighted by Crippen LogP contribution is -2.43. The summed E-state index contributed by atoms with van der Waals surface area (Å²) in [7, 11) is 0. The Morgan fingerprint density at radius 3 is 2.92 bits per heavy atom. The highest BCUT2D eigenvalue weighted by atomic mass is 16.3. The molecular formula is C18H24N4O2. The van der Waals surface area contributed by atoms with Crippen LogP contribution in [0, 0.1) is 5.92 Å². The molecule has 1 aliphatic rings. The lowest BCUT2D eigenvalue weighted by Gasteiger charge is -2.31. The Bertz CT molecular complexity index is 622. The summed E-state index contributed by atoms with van der Waals surface area (Å²) in [5.41, 5.74) is 0.901. The number of nitrogens with zero attached hydrogens (tertiary/aromatic N) is 3. The lowest BCUT2D eigenvalue weighted by molar-refractivity contribution is -0.127. The number of amides is 1. The number of likely N-dealkylation sites (tertiary alicyclic amines) is 1. The number of rotatable bonds is 6. The molecule has 0 aliphatic carbocycles. The van der Waals surface area contributed by atoms with Gasteiger partial charge in [0.1, 0.15) is 5.76 Å². The second-order valence-electron chi connectivity index (χ2n) is 6.44. The summed E-state index contributed by atoms with van der Waals surface area (Å²) in [6, 6.07) is 3.97. The molecular weight excluding hydrogens is 304 g/mol. The van der Waals surface area contributed by atoms with Gasteiger partial charge in [-0.3, -0.25) is 19.7 Å². The maximum atomic E-state index is 12.4. The maximum absolute atomic E-state index is 12.4. The fourth-order valence-electron chi connectivity index (χ4n) is 3.14. The minimum absolute atomic E-state index is 0.0651. The predicted molar refractivity (Wildman–Crippen MR) is 90.0 cm³/mol. The highest BCUT2D eigenvalue weighted by Gasteiger charge is 2.26. The van der Waals surface area contributed by atoms with Crippen LogP contribution < -0.4 is 5.32 Å². The molecule has 1 unspecified atom stereocenters. The van der Waals surface area contributed by atoms with Crippen molar-refractivity contribution in [2.24, 2.45) is 5.92 Å². The van der Waals surface area contributed by atoms with E-state index in [1.165, 1.54) is 0 Å².